The summed E-state index contributed by atoms with van der Waals surface area (Å²) in [6.45, 7) is 7.70. The lowest BCUT2D eigenvalue weighted by Gasteiger charge is -2.09. The van der Waals surface area contributed by atoms with Crippen LogP contribution < -0.4 is 0 Å². The van der Waals surface area contributed by atoms with Crippen molar-refractivity contribution in [2.75, 3.05) is 6.61 Å². The third kappa shape index (κ3) is 5.07. The minimum atomic E-state index is -0.548. The van der Waals surface area contributed by atoms with Gasteiger partial charge in [0.15, 0.2) is 0 Å². The summed E-state index contributed by atoms with van der Waals surface area (Å²) in [6.07, 6.45) is -0.231. The first-order valence-corrected chi connectivity index (χ1v) is 6.25. The maximum Gasteiger partial charge on any atom is 0.357 e. The van der Waals surface area contributed by atoms with Gasteiger partial charge in [0.1, 0.15) is 11.4 Å². The van der Waals surface area contributed by atoms with Crippen molar-refractivity contribution in [3.8, 4) is 0 Å². The third-order valence-corrected chi connectivity index (χ3v) is 2.06. The number of hydrogen-bond acceptors (Lipinski definition) is 5. The first-order valence-electron chi connectivity index (χ1n) is 6.25. The maximum atomic E-state index is 11.7. The zero-order chi connectivity index (χ0) is 14.4. The topological polar surface area (TPSA) is 65.5 Å². The molecule has 0 bridgehead atoms. The van der Waals surface area contributed by atoms with Gasteiger partial charge < -0.3 is 9.47 Å². The Morgan fingerprint density at radius 3 is 2.21 bits per heavy atom. The van der Waals surface area contributed by atoms with Crippen LogP contribution in [0.2, 0.25) is 0 Å². The number of carbonyl (C=O) groups is 2. The number of aromatic nitrogens is 1. The van der Waals surface area contributed by atoms with Crippen LogP contribution in [0.25, 0.3) is 0 Å². The molecule has 1 rings (SSSR count). The molecule has 0 aliphatic heterocycles. The molecule has 104 valence electrons. The lowest BCUT2D eigenvalue weighted by molar-refractivity contribution is 0.0370. The molecule has 0 fully saturated rings. The molecule has 19 heavy (non-hydrogen) atoms. The van der Waals surface area contributed by atoms with E-state index >= 15 is 0 Å². The molecule has 1 aromatic rings. The molecule has 0 saturated carbocycles. The fourth-order valence-electron chi connectivity index (χ4n) is 1.25. The number of ether oxygens (including phenoxy) is 2. The van der Waals surface area contributed by atoms with E-state index in [9.17, 15) is 9.59 Å². The van der Waals surface area contributed by atoms with Crippen LogP contribution in [0.15, 0.2) is 18.2 Å². The molecule has 0 amide bonds. The summed E-state index contributed by atoms with van der Waals surface area (Å²) in [6, 6.07) is 4.59. The van der Waals surface area contributed by atoms with Crippen molar-refractivity contribution < 1.29 is 19.1 Å². The van der Waals surface area contributed by atoms with E-state index in [1.807, 2.05) is 13.8 Å². The third-order valence-electron chi connectivity index (χ3n) is 2.06. The highest BCUT2D eigenvalue weighted by Crippen LogP contribution is 2.06. The molecule has 0 atom stereocenters. The summed E-state index contributed by atoms with van der Waals surface area (Å²) in [5.74, 6) is -0.834. The molecular weight excluding hydrogens is 246 g/mol. The summed E-state index contributed by atoms with van der Waals surface area (Å²) in [7, 11) is 0. The SMILES string of the molecule is CC(C)COC(=O)c1cccc(C(=O)OC(C)C)n1. The number of nitrogens with zero attached hydrogens (tertiary/aromatic N) is 1. The van der Waals surface area contributed by atoms with E-state index in [0.717, 1.165) is 0 Å². The zero-order valence-electron chi connectivity index (χ0n) is 11.7. The van der Waals surface area contributed by atoms with E-state index in [2.05, 4.69) is 4.98 Å². The summed E-state index contributed by atoms with van der Waals surface area (Å²) >= 11 is 0. The summed E-state index contributed by atoms with van der Waals surface area (Å²) in [5, 5.41) is 0. The number of rotatable bonds is 5. The molecule has 5 heteroatoms. The Kier molecular flexibility index (Phi) is 5.48. The van der Waals surface area contributed by atoms with Gasteiger partial charge in [0.05, 0.1) is 12.7 Å². The van der Waals surface area contributed by atoms with E-state index in [0.29, 0.717) is 6.61 Å². The van der Waals surface area contributed by atoms with Crippen LogP contribution in [0.3, 0.4) is 0 Å². The van der Waals surface area contributed by atoms with Gasteiger partial charge >= 0.3 is 11.9 Å². The van der Waals surface area contributed by atoms with E-state index < -0.39 is 11.9 Å². The van der Waals surface area contributed by atoms with Crippen LogP contribution in [0.5, 0.6) is 0 Å². The minimum Gasteiger partial charge on any atom is -0.461 e. The Hall–Kier alpha value is -1.91. The van der Waals surface area contributed by atoms with Gasteiger partial charge in [-0.05, 0) is 31.9 Å². The Morgan fingerprint density at radius 2 is 1.68 bits per heavy atom. The van der Waals surface area contributed by atoms with Crippen molar-refractivity contribution in [3.63, 3.8) is 0 Å². The highest BCUT2D eigenvalue weighted by Gasteiger charge is 2.15. The Balaban J connectivity index is 2.76. The molecule has 5 nitrogen and oxygen atoms in total. The van der Waals surface area contributed by atoms with Gasteiger partial charge in [-0.1, -0.05) is 19.9 Å². The molecule has 0 aliphatic carbocycles. The smallest absolute Gasteiger partial charge is 0.357 e. The molecule has 0 aliphatic rings. The highest BCUT2D eigenvalue weighted by atomic mass is 16.5. The lowest BCUT2D eigenvalue weighted by atomic mass is 10.2. The van der Waals surface area contributed by atoms with Crippen molar-refractivity contribution in [2.45, 2.75) is 33.8 Å². The van der Waals surface area contributed by atoms with Crippen molar-refractivity contribution >= 4 is 11.9 Å². The van der Waals surface area contributed by atoms with Gasteiger partial charge in [-0.15, -0.1) is 0 Å². The predicted octanol–water partition coefficient (Wildman–Crippen LogP) is 2.46. The molecule has 1 aromatic heterocycles. The molecule has 0 aromatic carbocycles. The molecule has 1 heterocycles. The summed E-state index contributed by atoms with van der Waals surface area (Å²) in [4.78, 5) is 27.3. The quantitative estimate of drug-likeness (QED) is 0.765. The fourth-order valence-corrected chi connectivity index (χ4v) is 1.25. The zero-order valence-corrected chi connectivity index (χ0v) is 11.7. The van der Waals surface area contributed by atoms with Crippen LogP contribution >= 0.6 is 0 Å². The van der Waals surface area contributed by atoms with Gasteiger partial charge in [-0.2, -0.15) is 0 Å². The van der Waals surface area contributed by atoms with Crippen molar-refractivity contribution in [1.29, 1.82) is 0 Å². The largest absolute Gasteiger partial charge is 0.461 e. The highest BCUT2D eigenvalue weighted by molar-refractivity contribution is 5.91. The number of carbonyl (C=O) groups excluding carboxylic acids is 2. The standard InChI is InChI=1S/C14H19NO4/c1-9(2)8-18-13(16)11-6-5-7-12(15-11)14(17)19-10(3)4/h5-7,9-10H,8H2,1-4H3. The molecule has 0 spiro atoms. The monoisotopic (exact) mass is 265 g/mol. The number of esters is 2. The minimum absolute atomic E-state index is 0.104. The average Bonchev–Trinajstić information content (AvgIpc) is 2.35. The van der Waals surface area contributed by atoms with Crippen LogP contribution in [0, 0.1) is 5.92 Å². The summed E-state index contributed by atoms with van der Waals surface area (Å²) in [5.41, 5.74) is 0.214. The van der Waals surface area contributed by atoms with E-state index in [1.165, 1.54) is 12.1 Å². The van der Waals surface area contributed by atoms with Crippen LogP contribution in [0.1, 0.15) is 48.7 Å². The first kappa shape index (κ1) is 15.1. The average molecular weight is 265 g/mol. The van der Waals surface area contributed by atoms with Crippen LogP contribution in [-0.4, -0.2) is 29.6 Å². The fraction of sp³-hybridized carbons (Fsp3) is 0.500. The van der Waals surface area contributed by atoms with Crippen molar-refractivity contribution in [3.05, 3.63) is 29.6 Å². The Morgan fingerprint density at radius 1 is 1.11 bits per heavy atom. The van der Waals surface area contributed by atoms with E-state index in [1.54, 1.807) is 19.9 Å². The maximum absolute atomic E-state index is 11.7. The molecule has 0 saturated heterocycles. The van der Waals surface area contributed by atoms with Crippen molar-refractivity contribution in [2.24, 2.45) is 5.92 Å². The second-order valence-electron chi connectivity index (χ2n) is 4.85. The van der Waals surface area contributed by atoms with Crippen LogP contribution in [0.4, 0.5) is 0 Å². The van der Waals surface area contributed by atoms with Gasteiger partial charge in [-0.25, -0.2) is 14.6 Å². The van der Waals surface area contributed by atoms with E-state index in [-0.39, 0.29) is 23.4 Å². The first-order chi connectivity index (χ1) is 8.90. The number of pyridine rings is 1. The van der Waals surface area contributed by atoms with Gasteiger partial charge in [0.25, 0.3) is 0 Å². The Bertz CT molecular complexity index is 455. The van der Waals surface area contributed by atoms with Crippen LogP contribution in [-0.2, 0) is 9.47 Å². The molecule has 0 unspecified atom stereocenters. The molecule has 0 N–H and O–H groups in total. The molecule has 0 radical (unpaired) electrons. The lowest BCUT2D eigenvalue weighted by Crippen LogP contribution is -2.16. The number of hydrogen-bond donors (Lipinski definition) is 0. The van der Waals surface area contributed by atoms with Gasteiger partial charge in [-0.3, -0.25) is 0 Å². The predicted molar refractivity (Wildman–Crippen MR) is 69.9 cm³/mol. The van der Waals surface area contributed by atoms with Gasteiger partial charge in [0.2, 0.25) is 0 Å². The second-order valence-corrected chi connectivity index (χ2v) is 4.85. The summed E-state index contributed by atoms with van der Waals surface area (Å²) < 4.78 is 10.1. The molecular formula is C14H19NO4. The van der Waals surface area contributed by atoms with Crippen molar-refractivity contribution in [1.82, 2.24) is 4.98 Å². The second kappa shape index (κ2) is 6.87. The normalized spacial score (nSPS) is 10.6. The van der Waals surface area contributed by atoms with Gasteiger partial charge in [0, 0.05) is 0 Å². The van der Waals surface area contributed by atoms with E-state index in [4.69, 9.17) is 9.47 Å². The Labute approximate surface area is 112 Å².